The van der Waals surface area contributed by atoms with E-state index < -0.39 is 12.0 Å². The first-order chi connectivity index (χ1) is 9.13. The number of rotatable bonds is 4. The molecule has 2 N–H and O–H groups in total. The molecule has 0 aromatic rings. The van der Waals surface area contributed by atoms with Gasteiger partial charge in [-0.3, -0.25) is 4.90 Å². The van der Waals surface area contributed by atoms with Crippen LogP contribution in [0.25, 0.3) is 0 Å². The highest BCUT2D eigenvalue weighted by atomic mass is 16.4. The number of amides is 2. The van der Waals surface area contributed by atoms with Crippen molar-refractivity contribution in [3.8, 4) is 0 Å². The molecule has 0 aromatic heterocycles. The van der Waals surface area contributed by atoms with Crippen LogP contribution in [-0.4, -0.2) is 65.2 Å². The first-order valence-electron chi connectivity index (χ1n) is 7.13. The van der Waals surface area contributed by atoms with Gasteiger partial charge in [-0.2, -0.15) is 0 Å². The second-order valence-corrected chi connectivity index (χ2v) is 6.63. The van der Waals surface area contributed by atoms with Crippen LogP contribution in [0, 0.1) is 5.92 Å². The van der Waals surface area contributed by atoms with Crippen LogP contribution < -0.4 is 5.32 Å². The number of nitrogens with one attached hydrogen (secondary N) is 1. The maximum Gasteiger partial charge on any atom is 0.326 e. The Labute approximate surface area is 121 Å². The molecule has 1 atom stereocenters. The number of likely N-dealkylation sites (N-methyl/N-ethyl adjacent to an activating group) is 1. The lowest BCUT2D eigenvalue weighted by molar-refractivity contribution is -0.139. The molecule has 20 heavy (non-hydrogen) atoms. The molecule has 0 radical (unpaired) electrons. The number of hydrogen-bond acceptors (Lipinski definition) is 3. The molecule has 6 heteroatoms. The van der Waals surface area contributed by atoms with Crippen molar-refractivity contribution < 1.29 is 14.7 Å². The van der Waals surface area contributed by atoms with Crippen molar-refractivity contribution in [1.29, 1.82) is 0 Å². The van der Waals surface area contributed by atoms with E-state index in [-0.39, 0.29) is 17.5 Å². The summed E-state index contributed by atoms with van der Waals surface area (Å²) in [6.45, 7) is 10.1. The quantitative estimate of drug-likeness (QED) is 0.814. The molecule has 1 saturated heterocycles. The Morgan fingerprint density at radius 2 is 1.90 bits per heavy atom. The number of carboxylic acid groups (broad SMARTS) is 1. The van der Waals surface area contributed by atoms with Gasteiger partial charge in [-0.1, -0.05) is 13.8 Å². The summed E-state index contributed by atoms with van der Waals surface area (Å²) in [5.41, 5.74) is -0.0909. The normalized spacial score (nSPS) is 20.8. The molecule has 0 saturated carbocycles. The Hall–Kier alpha value is -1.30. The van der Waals surface area contributed by atoms with Gasteiger partial charge in [-0.05, 0) is 33.2 Å². The highest BCUT2D eigenvalue weighted by Crippen LogP contribution is 2.19. The number of carboxylic acids is 1. The number of aliphatic carboxylic acids is 1. The number of hydrogen-bond donors (Lipinski definition) is 2. The minimum atomic E-state index is -0.972. The second kappa shape index (κ2) is 6.43. The lowest BCUT2D eigenvalue weighted by Crippen LogP contribution is -2.61. The van der Waals surface area contributed by atoms with Gasteiger partial charge in [0.25, 0.3) is 0 Å². The lowest BCUT2D eigenvalue weighted by Gasteiger charge is -2.45. The van der Waals surface area contributed by atoms with Crippen molar-refractivity contribution in [2.45, 2.75) is 45.7 Å². The monoisotopic (exact) mass is 285 g/mol. The van der Waals surface area contributed by atoms with Crippen LogP contribution >= 0.6 is 0 Å². The fourth-order valence-corrected chi connectivity index (χ4v) is 2.35. The standard InChI is InChI=1S/C14H27N3O3/c1-10(2)8-11(12(18)19)15-13(20)17-7-6-16(5)14(3,4)9-17/h10-11H,6-9H2,1-5H3,(H,15,20)(H,18,19). The van der Waals surface area contributed by atoms with Crippen LogP contribution in [0.15, 0.2) is 0 Å². The summed E-state index contributed by atoms with van der Waals surface area (Å²) in [5, 5.41) is 11.8. The SMILES string of the molecule is CC(C)CC(NC(=O)N1CCN(C)C(C)(C)C1)C(=O)O. The Morgan fingerprint density at radius 3 is 2.35 bits per heavy atom. The summed E-state index contributed by atoms with van der Waals surface area (Å²) >= 11 is 0. The number of nitrogens with zero attached hydrogens (tertiary/aromatic N) is 2. The minimum Gasteiger partial charge on any atom is -0.480 e. The molecular weight excluding hydrogens is 258 g/mol. The van der Waals surface area contributed by atoms with E-state index in [2.05, 4.69) is 24.1 Å². The number of urea groups is 1. The fourth-order valence-electron chi connectivity index (χ4n) is 2.35. The third-order valence-corrected chi connectivity index (χ3v) is 3.91. The van der Waals surface area contributed by atoms with Crippen molar-refractivity contribution >= 4 is 12.0 Å². The third kappa shape index (κ3) is 4.37. The maximum atomic E-state index is 12.2. The van der Waals surface area contributed by atoms with E-state index >= 15 is 0 Å². The number of carbonyl (C=O) groups is 2. The molecule has 0 aromatic carbocycles. The van der Waals surface area contributed by atoms with Gasteiger partial charge in [0.1, 0.15) is 6.04 Å². The van der Waals surface area contributed by atoms with Crippen LogP contribution in [-0.2, 0) is 4.79 Å². The topological polar surface area (TPSA) is 72.9 Å². The molecule has 1 fully saturated rings. The average molecular weight is 285 g/mol. The summed E-state index contributed by atoms with van der Waals surface area (Å²) in [5.74, 6) is -0.749. The molecule has 1 unspecified atom stereocenters. The van der Waals surface area contributed by atoms with E-state index in [0.717, 1.165) is 6.54 Å². The van der Waals surface area contributed by atoms with E-state index in [9.17, 15) is 14.7 Å². The van der Waals surface area contributed by atoms with Gasteiger partial charge >= 0.3 is 12.0 Å². The highest BCUT2D eigenvalue weighted by Gasteiger charge is 2.34. The Kier molecular flexibility index (Phi) is 5.39. The van der Waals surface area contributed by atoms with Gasteiger partial charge in [0.15, 0.2) is 0 Å². The Morgan fingerprint density at radius 1 is 1.30 bits per heavy atom. The number of piperazine rings is 1. The zero-order valence-corrected chi connectivity index (χ0v) is 13.1. The van der Waals surface area contributed by atoms with Gasteiger partial charge in [-0.15, -0.1) is 0 Å². The molecule has 1 heterocycles. The predicted molar refractivity (Wildman–Crippen MR) is 77.7 cm³/mol. The zero-order valence-electron chi connectivity index (χ0n) is 13.1. The molecule has 116 valence electrons. The first-order valence-corrected chi connectivity index (χ1v) is 7.13. The number of carbonyl (C=O) groups excluding carboxylic acids is 1. The summed E-state index contributed by atoms with van der Waals surface area (Å²) < 4.78 is 0. The van der Waals surface area contributed by atoms with E-state index in [4.69, 9.17) is 0 Å². The van der Waals surface area contributed by atoms with E-state index in [1.807, 2.05) is 20.9 Å². The fraction of sp³-hybridized carbons (Fsp3) is 0.857. The maximum absolute atomic E-state index is 12.2. The van der Waals surface area contributed by atoms with E-state index in [0.29, 0.717) is 19.5 Å². The average Bonchev–Trinajstić information content (AvgIpc) is 2.30. The van der Waals surface area contributed by atoms with Gasteiger partial charge < -0.3 is 15.3 Å². The zero-order chi connectivity index (χ0) is 15.5. The molecule has 1 aliphatic rings. The van der Waals surface area contributed by atoms with Gasteiger partial charge in [-0.25, -0.2) is 9.59 Å². The Balaban J connectivity index is 2.63. The molecule has 6 nitrogen and oxygen atoms in total. The lowest BCUT2D eigenvalue weighted by atomic mass is 10.00. The van der Waals surface area contributed by atoms with E-state index in [1.54, 1.807) is 4.90 Å². The van der Waals surface area contributed by atoms with Crippen LogP contribution in [0.1, 0.15) is 34.1 Å². The Bertz CT molecular complexity index is 369. The van der Waals surface area contributed by atoms with Crippen molar-refractivity contribution in [3.63, 3.8) is 0 Å². The van der Waals surface area contributed by atoms with E-state index in [1.165, 1.54) is 0 Å². The first kappa shape index (κ1) is 16.8. The highest BCUT2D eigenvalue weighted by molar-refractivity contribution is 5.82. The molecule has 0 aliphatic carbocycles. The van der Waals surface area contributed by atoms with Crippen LogP contribution in [0.3, 0.4) is 0 Å². The van der Waals surface area contributed by atoms with Gasteiger partial charge in [0, 0.05) is 25.2 Å². The van der Waals surface area contributed by atoms with Crippen molar-refractivity contribution in [1.82, 2.24) is 15.1 Å². The minimum absolute atomic E-state index is 0.0909. The van der Waals surface area contributed by atoms with Crippen molar-refractivity contribution in [2.24, 2.45) is 5.92 Å². The largest absolute Gasteiger partial charge is 0.480 e. The summed E-state index contributed by atoms with van der Waals surface area (Å²) in [6, 6.07) is -1.09. The molecule has 2 amide bonds. The second-order valence-electron chi connectivity index (χ2n) is 6.63. The molecule has 0 spiro atoms. The van der Waals surface area contributed by atoms with Crippen LogP contribution in [0.5, 0.6) is 0 Å². The van der Waals surface area contributed by atoms with Crippen LogP contribution in [0.2, 0.25) is 0 Å². The predicted octanol–water partition coefficient (Wildman–Crippen LogP) is 1.22. The van der Waals surface area contributed by atoms with Gasteiger partial charge in [0.05, 0.1) is 0 Å². The van der Waals surface area contributed by atoms with Gasteiger partial charge in [0.2, 0.25) is 0 Å². The summed E-state index contributed by atoms with van der Waals surface area (Å²) in [4.78, 5) is 27.3. The molecule has 1 rings (SSSR count). The van der Waals surface area contributed by atoms with Crippen LogP contribution in [0.4, 0.5) is 4.79 Å². The molecule has 1 aliphatic heterocycles. The molecule has 0 bridgehead atoms. The summed E-state index contributed by atoms with van der Waals surface area (Å²) in [7, 11) is 2.04. The van der Waals surface area contributed by atoms with Crippen molar-refractivity contribution in [2.75, 3.05) is 26.7 Å². The third-order valence-electron chi connectivity index (χ3n) is 3.91. The summed E-state index contributed by atoms with van der Waals surface area (Å²) in [6.07, 6.45) is 0.443. The van der Waals surface area contributed by atoms with Crippen molar-refractivity contribution in [3.05, 3.63) is 0 Å². The molecular formula is C14H27N3O3. The smallest absolute Gasteiger partial charge is 0.326 e.